The topological polar surface area (TPSA) is 104 Å². The molecule has 0 saturated heterocycles. The van der Waals surface area contributed by atoms with Crippen molar-refractivity contribution in [3.05, 3.63) is 57.0 Å². The van der Waals surface area contributed by atoms with Gasteiger partial charge < -0.3 is 15.3 Å². The van der Waals surface area contributed by atoms with Crippen molar-refractivity contribution < 1.29 is 4.79 Å². The Balaban J connectivity index is 1.46. The predicted molar refractivity (Wildman–Crippen MR) is 122 cm³/mol. The van der Waals surface area contributed by atoms with E-state index < -0.39 is 0 Å². The quantitative estimate of drug-likeness (QED) is 0.307. The Morgan fingerprint density at radius 3 is 2.77 bits per heavy atom. The van der Waals surface area contributed by atoms with Crippen LogP contribution in [0.15, 0.2) is 39.6 Å². The third kappa shape index (κ3) is 4.03. The lowest BCUT2D eigenvalue weighted by molar-refractivity contribution is -0.116. The molecule has 0 radical (unpaired) electrons. The molecular formula is C21H21N5O2S2. The number of nitrogens with zero attached hydrogens (tertiary/aromatic N) is 2. The fourth-order valence-electron chi connectivity index (χ4n) is 3.45. The van der Waals surface area contributed by atoms with Gasteiger partial charge in [-0.3, -0.25) is 9.59 Å². The molecule has 3 heterocycles. The summed E-state index contributed by atoms with van der Waals surface area (Å²) in [6.07, 6.45) is 2.37. The molecule has 7 nitrogen and oxygen atoms in total. The number of aromatic nitrogens is 4. The van der Waals surface area contributed by atoms with Gasteiger partial charge in [0.2, 0.25) is 5.91 Å². The van der Waals surface area contributed by atoms with Gasteiger partial charge in [0.25, 0.3) is 5.56 Å². The van der Waals surface area contributed by atoms with Crippen LogP contribution in [0.3, 0.4) is 0 Å². The molecule has 0 fully saturated rings. The van der Waals surface area contributed by atoms with E-state index in [4.69, 9.17) is 0 Å². The number of nitrogens with one attached hydrogen (secondary N) is 3. The first-order valence-corrected chi connectivity index (χ1v) is 11.5. The Bertz CT molecular complexity index is 1290. The number of anilines is 1. The molecule has 0 saturated carbocycles. The van der Waals surface area contributed by atoms with Crippen molar-refractivity contribution in [3.8, 4) is 11.3 Å². The van der Waals surface area contributed by atoms with Crippen molar-refractivity contribution >= 4 is 45.0 Å². The van der Waals surface area contributed by atoms with Crippen LogP contribution < -0.4 is 10.9 Å². The summed E-state index contributed by atoms with van der Waals surface area (Å²) in [6, 6.07) is 8.08. The second kappa shape index (κ2) is 8.45. The second-order valence-corrected chi connectivity index (χ2v) is 8.55. The second-order valence-electron chi connectivity index (χ2n) is 6.90. The molecule has 30 heavy (non-hydrogen) atoms. The Labute approximate surface area is 181 Å². The first-order valence-electron chi connectivity index (χ1n) is 9.43. The van der Waals surface area contributed by atoms with E-state index in [1.165, 1.54) is 23.1 Å². The van der Waals surface area contributed by atoms with Crippen LogP contribution in [-0.4, -0.2) is 32.1 Å². The number of thiazole rings is 1. The maximum atomic E-state index is 12.4. The van der Waals surface area contributed by atoms with E-state index in [1.807, 2.05) is 36.8 Å². The molecule has 1 aromatic carbocycles. The molecule has 154 valence electrons. The number of carbonyl (C=O) groups excluding carboxylic acids is 1. The molecule has 0 bridgehead atoms. The number of benzene rings is 1. The zero-order valence-corrected chi connectivity index (χ0v) is 18.5. The first kappa shape index (κ1) is 20.4. The zero-order chi connectivity index (χ0) is 21.3. The number of rotatable bonds is 6. The number of thioether (sulfide) groups is 1. The van der Waals surface area contributed by atoms with E-state index in [0.717, 1.165) is 27.9 Å². The fraction of sp³-hybridized carbons (Fsp3) is 0.238. The average Bonchev–Trinajstić information content (AvgIpc) is 3.29. The largest absolute Gasteiger partial charge is 0.358 e. The van der Waals surface area contributed by atoms with Gasteiger partial charge in [-0.15, -0.1) is 11.3 Å². The Morgan fingerprint density at radius 1 is 1.20 bits per heavy atom. The molecule has 3 N–H and O–H groups in total. The highest BCUT2D eigenvalue weighted by molar-refractivity contribution is 7.98. The molecule has 9 heteroatoms. The smallest absolute Gasteiger partial charge is 0.254 e. The van der Waals surface area contributed by atoms with E-state index >= 15 is 0 Å². The first-order chi connectivity index (χ1) is 14.5. The average molecular weight is 440 g/mol. The van der Waals surface area contributed by atoms with Gasteiger partial charge in [0.15, 0.2) is 10.3 Å². The SMILES string of the molecule is CSc1nc(C)c(CCC(=O)Nc2nc(-c3c(C)[nH]c4ccccc34)cs2)c(=O)[nH]1. The normalized spacial score (nSPS) is 11.2. The molecular weight excluding hydrogens is 418 g/mol. The number of fused-ring (bicyclic) bond motifs is 1. The van der Waals surface area contributed by atoms with E-state index in [-0.39, 0.29) is 17.9 Å². The van der Waals surface area contributed by atoms with Crippen LogP contribution in [-0.2, 0) is 11.2 Å². The summed E-state index contributed by atoms with van der Waals surface area (Å²) in [7, 11) is 0. The van der Waals surface area contributed by atoms with Crippen molar-refractivity contribution in [3.63, 3.8) is 0 Å². The third-order valence-electron chi connectivity index (χ3n) is 4.90. The van der Waals surface area contributed by atoms with Crippen LogP contribution in [0.4, 0.5) is 5.13 Å². The lowest BCUT2D eigenvalue weighted by atomic mass is 10.1. The lowest BCUT2D eigenvalue weighted by Gasteiger charge is -2.06. The number of aromatic amines is 2. The van der Waals surface area contributed by atoms with Gasteiger partial charge in [0.1, 0.15) is 0 Å². The minimum atomic E-state index is -0.189. The van der Waals surface area contributed by atoms with Gasteiger partial charge in [0, 0.05) is 45.2 Å². The molecule has 0 aliphatic carbocycles. The number of hydrogen-bond donors (Lipinski definition) is 3. The van der Waals surface area contributed by atoms with Crippen molar-refractivity contribution in [2.75, 3.05) is 11.6 Å². The zero-order valence-electron chi connectivity index (χ0n) is 16.8. The highest BCUT2D eigenvalue weighted by Crippen LogP contribution is 2.33. The summed E-state index contributed by atoms with van der Waals surface area (Å²) < 4.78 is 0. The molecule has 0 spiro atoms. The van der Waals surface area contributed by atoms with Gasteiger partial charge in [-0.1, -0.05) is 30.0 Å². The van der Waals surface area contributed by atoms with Crippen molar-refractivity contribution in [1.29, 1.82) is 0 Å². The van der Waals surface area contributed by atoms with Crippen LogP contribution in [0, 0.1) is 13.8 Å². The van der Waals surface area contributed by atoms with Crippen molar-refractivity contribution in [2.45, 2.75) is 31.8 Å². The highest BCUT2D eigenvalue weighted by Gasteiger charge is 2.15. The standard InChI is InChI=1S/C21H21N5O2S2/c1-11-13(19(28)26-20(23-11)29-3)8-9-17(27)25-21-24-16(10-30-21)18-12(2)22-15-7-5-4-6-14(15)18/h4-7,10,22H,8-9H2,1-3H3,(H,23,26,28)(H,24,25,27). The van der Waals surface area contributed by atoms with E-state index in [0.29, 0.717) is 28.0 Å². The Morgan fingerprint density at radius 2 is 2.00 bits per heavy atom. The highest BCUT2D eigenvalue weighted by atomic mass is 32.2. The summed E-state index contributed by atoms with van der Waals surface area (Å²) in [6.45, 7) is 3.81. The molecule has 4 aromatic rings. The van der Waals surface area contributed by atoms with Gasteiger partial charge in [0.05, 0.1) is 5.69 Å². The van der Waals surface area contributed by atoms with Crippen LogP contribution in [0.25, 0.3) is 22.2 Å². The number of amides is 1. The number of carbonyl (C=O) groups is 1. The summed E-state index contributed by atoms with van der Waals surface area (Å²) in [5, 5.41) is 7.01. The monoisotopic (exact) mass is 439 g/mol. The summed E-state index contributed by atoms with van der Waals surface area (Å²) >= 11 is 2.77. The number of aryl methyl sites for hydroxylation is 2. The Kier molecular flexibility index (Phi) is 5.74. The van der Waals surface area contributed by atoms with Crippen LogP contribution >= 0.6 is 23.1 Å². The van der Waals surface area contributed by atoms with Crippen LogP contribution in [0.5, 0.6) is 0 Å². The predicted octanol–water partition coefficient (Wildman–Crippen LogP) is 4.28. The van der Waals surface area contributed by atoms with Crippen LogP contribution in [0.1, 0.15) is 23.4 Å². The Hall–Kier alpha value is -2.91. The summed E-state index contributed by atoms with van der Waals surface area (Å²) in [5.41, 5.74) is 4.98. The number of hydrogen-bond acceptors (Lipinski definition) is 6. The van der Waals surface area contributed by atoms with E-state index in [2.05, 4.69) is 31.3 Å². The molecule has 0 unspecified atom stereocenters. The fourth-order valence-corrected chi connectivity index (χ4v) is 4.59. The molecule has 0 aliphatic rings. The maximum absolute atomic E-state index is 12.4. The summed E-state index contributed by atoms with van der Waals surface area (Å²) in [5.74, 6) is -0.181. The van der Waals surface area contributed by atoms with E-state index in [1.54, 1.807) is 6.92 Å². The molecule has 0 aliphatic heterocycles. The molecule has 1 amide bonds. The summed E-state index contributed by atoms with van der Waals surface area (Å²) in [4.78, 5) is 39.7. The van der Waals surface area contributed by atoms with Gasteiger partial charge >= 0.3 is 0 Å². The minimum Gasteiger partial charge on any atom is -0.358 e. The maximum Gasteiger partial charge on any atom is 0.254 e. The molecule has 4 rings (SSSR count). The van der Waals surface area contributed by atoms with Gasteiger partial charge in [-0.05, 0) is 32.6 Å². The van der Waals surface area contributed by atoms with E-state index in [9.17, 15) is 9.59 Å². The van der Waals surface area contributed by atoms with Gasteiger partial charge in [-0.2, -0.15) is 0 Å². The lowest BCUT2D eigenvalue weighted by Crippen LogP contribution is -2.20. The third-order valence-corrected chi connectivity index (χ3v) is 6.23. The van der Waals surface area contributed by atoms with Gasteiger partial charge in [-0.25, -0.2) is 9.97 Å². The van der Waals surface area contributed by atoms with Crippen LogP contribution in [0.2, 0.25) is 0 Å². The van der Waals surface area contributed by atoms with Crippen molar-refractivity contribution in [2.24, 2.45) is 0 Å². The number of para-hydroxylation sites is 1. The molecule has 3 aromatic heterocycles. The van der Waals surface area contributed by atoms with Crippen molar-refractivity contribution in [1.82, 2.24) is 19.9 Å². The minimum absolute atomic E-state index is 0.181. The number of H-pyrrole nitrogens is 2. The molecule has 0 atom stereocenters.